The first-order valence-corrected chi connectivity index (χ1v) is 6.31. The van der Waals surface area contributed by atoms with Crippen molar-refractivity contribution >= 4 is 5.97 Å². The van der Waals surface area contributed by atoms with Crippen LogP contribution in [-0.4, -0.2) is 39.2 Å². The number of aromatic nitrogens is 2. The van der Waals surface area contributed by atoms with Crippen molar-refractivity contribution in [3.05, 3.63) is 11.7 Å². The molecule has 6 heteroatoms. The highest BCUT2D eigenvalue weighted by molar-refractivity contribution is 5.70. The highest BCUT2D eigenvalue weighted by Gasteiger charge is 2.28. The summed E-state index contributed by atoms with van der Waals surface area (Å²) in [7, 11) is 0. The molecule has 1 aromatic heterocycles. The minimum absolute atomic E-state index is 0.257. The molecule has 0 aliphatic carbocycles. The van der Waals surface area contributed by atoms with Crippen molar-refractivity contribution in [2.75, 3.05) is 13.1 Å². The lowest BCUT2D eigenvalue weighted by Gasteiger charge is -2.11. The van der Waals surface area contributed by atoms with Crippen LogP contribution in [0, 0.1) is 11.8 Å². The number of carboxylic acid groups (broad SMARTS) is 1. The molecule has 2 heterocycles. The molecule has 0 spiro atoms. The Balaban J connectivity index is 1.87. The van der Waals surface area contributed by atoms with Crippen LogP contribution in [0.1, 0.15) is 32.0 Å². The van der Waals surface area contributed by atoms with Gasteiger partial charge < -0.3 is 9.63 Å². The van der Waals surface area contributed by atoms with Gasteiger partial charge in [0.2, 0.25) is 5.89 Å². The molecule has 100 valence electrons. The van der Waals surface area contributed by atoms with Crippen molar-refractivity contribution in [3.8, 4) is 0 Å². The van der Waals surface area contributed by atoms with Gasteiger partial charge in [-0.1, -0.05) is 19.0 Å². The molecule has 6 nitrogen and oxygen atoms in total. The van der Waals surface area contributed by atoms with Gasteiger partial charge >= 0.3 is 5.97 Å². The van der Waals surface area contributed by atoms with E-state index in [9.17, 15) is 4.79 Å². The summed E-state index contributed by atoms with van der Waals surface area (Å²) in [4.78, 5) is 17.2. The maximum atomic E-state index is 10.8. The third kappa shape index (κ3) is 3.29. The first kappa shape index (κ1) is 13.0. The molecule has 0 radical (unpaired) electrons. The second-order valence-electron chi connectivity index (χ2n) is 5.26. The molecule has 1 N–H and O–H groups in total. The molecular formula is C12H19N3O3. The minimum Gasteiger partial charge on any atom is -0.481 e. The molecule has 0 bridgehead atoms. The normalized spacial score (nSPS) is 20.7. The van der Waals surface area contributed by atoms with Gasteiger partial charge in [-0.05, 0) is 18.9 Å². The Morgan fingerprint density at radius 1 is 1.61 bits per heavy atom. The van der Waals surface area contributed by atoms with E-state index in [4.69, 9.17) is 9.63 Å². The highest BCUT2D eigenvalue weighted by atomic mass is 16.5. The maximum absolute atomic E-state index is 10.8. The SMILES string of the molecule is CC(C)Cc1nc(CN2CCC(C(=O)O)C2)no1. The predicted octanol–water partition coefficient (Wildman–Crippen LogP) is 1.17. The average Bonchev–Trinajstić information content (AvgIpc) is 2.88. The molecule has 2 rings (SSSR count). The number of likely N-dealkylation sites (tertiary alicyclic amines) is 1. The summed E-state index contributed by atoms with van der Waals surface area (Å²) in [6.07, 6.45) is 1.48. The standard InChI is InChI=1S/C12H19N3O3/c1-8(2)5-11-13-10(14-18-11)7-15-4-3-9(6-15)12(16)17/h8-9H,3-7H2,1-2H3,(H,16,17). The summed E-state index contributed by atoms with van der Waals surface area (Å²) in [6, 6.07) is 0. The van der Waals surface area contributed by atoms with E-state index in [-0.39, 0.29) is 5.92 Å². The van der Waals surface area contributed by atoms with Crippen LogP contribution in [0.2, 0.25) is 0 Å². The van der Waals surface area contributed by atoms with E-state index in [0.29, 0.717) is 37.1 Å². The second kappa shape index (κ2) is 5.48. The van der Waals surface area contributed by atoms with Crippen molar-refractivity contribution in [3.63, 3.8) is 0 Å². The van der Waals surface area contributed by atoms with Gasteiger partial charge in [-0.2, -0.15) is 4.98 Å². The average molecular weight is 253 g/mol. The number of hydrogen-bond acceptors (Lipinski definition) is 5. The number of nitrogens with zero attached hydrogens (tertiary/aromatic N) is 3. The Kier molecular flexibility index (Phi) is 3.96. The summed E-state index contributed by atoms with van der Waals surface area (Å²) in [5, 5.41) is 12.9. The van der Waals surface area contributed by atoms with Gasteiger partial charge in [0.15, 0.2) is 5.82 Å². The van der Waals surface area contributed by atoms with Crippen LogP contribution >= 0.6 is 0 Å². The maximum Gasteiger partial charge on any atom is 0.307 e. The molecule has 0 saturated carbocycles. The van der Waals surface area contributed by atoms with E-state index in [0.717, 1.165) is 13.0 Å². The Hall–Kier alpha value is -1.43. The zero-order valence-corrected chi connectivity index (χ0v) is 10.8. The van der Waals surface area contributed by atoms with Gasteiger partial charge in [0.25, 0.3) is 0 Å². The monoisotopic (exact) mass is 253 g/mol. The number of carbonyl (C=O) groups is 1. The Bertz CT molecular complexity index is 416. The van der Waals surface area contributed by atoms with Crippen LogP contribution in [-0.2, 0) is 17.8 Å². The fraction of sp³-hybridized carbons (Fsp3) is 0.750. The third-order valence-corrected chi connectivity index (χ3v) is 3.08. The molecule has 1 unspecified atom stereocenters. The third-order valence-electron chi connectivity index (χ3n) is 3.08. The van der Waals surface area contributed by atoms with Crippen LogP contribution in [0.25, 0.3) is 0 Å². The van der Waals surface area contributed by atoms with Crippen molar-refractivity contribution in [1.29, 1.82) is 0 Å². The van der Waals surface area contributed by atoms with Crippen molar-refractivity contribution < 1.29 is 14.4 Å². The lowest BCUT2D eigenvalue weighted by molar-refractivity contribution is -0.141. The van der Waals surface area contributed by atoms with E-state index in [2.05, 4.69) is 28.9 Å². The largest absolute Gasteiger partial charge is 0.481 e. The Morgan fingerprint density at radius 3 is 3.00 bits per heavy atom. The van der Waals surface area contributed by atoms with Gasteiger partial charge in [-0.3, -0.25) is 9.69 Å². The van der Waals surface area contributed by atoms with Crippen LogP contribution in [0.4, 0.5) is 0 Å². The predicted molar refractivity (Wildman–Crippen MR) is 63.9 cm³/mol. The number of hydrogen-bond donors (Lipinski definition) is 1. The lowest BCUT2D eigenvalue weighted by Crippen LogP contribution is -2.23. The summed E-state index contributed by atoms with van der Waals surface area (Å²) in [5.74, 6) is 0.824. The Labute approximate surface area is 106 Å². The lowest BCUT2D eigenvalue weighted by atomic mass is 10.1. The zero-order valence-electron chi connectivity index (χ0n) is 10.8. The first-order chi connectivity index (χ1) is 8.54. The van der Waals surface area contributed by atoms with E-state index in [1.807, 2.05) is 0 Å². The van der Waals surface area contributed by atoms with Crippen LogP contribution in [0.3, 0.4) is 0 Å². The smallest absolute Gasteiger partial charge is 0.307 e. The molecule has 1 saturated heterocycles. The van der Waals surface area contributed by atoms with Crippen molar-refractivity contribution in [2.24, 2.45) is 11.8 Å². The van der Waals surface area contributed by atoms with Crippen LogP contribution < -0.4 is 0 Å². The summed E-state index contributed by atoms with van der Waals surface area (Å²) in [5.41, 5.74) is 0. The van der Waals surface area contributed by atoms with E-state index in [1.165, 1.54) is 0 Å². The minimum atomic E-state index is -0.717. The number of aliphatic carboxylic acids is 1. The van der Waals surface area contributed by atoms with Crippen LogP contribution in [0.15, 0.2) is 4.52 Å². The van der Waals surface area contributed by atoms with Gasteiger partial charge in [0.1, 0.15) is 0 Å². The summed E-state index contributed by atoms with van der Waals surface area (Å²) in [6.45, 7) is 6.13. The molecule has 1 aromatic rings. The molecular weight excluding hydrogens is 234 g/mol. The fourth-order valence-corrected chi connectivity index (χ4v) is 2.16. The van der Waals surface area contributed by atoms with E-state index in [1.54, 1.807) is 0 Å². The van der Waals surface area contributed by atoms with Crippen molar-refractivity contribution in [2.45, 2.75) is 33.2 Å². The molecule has 0 aromatic carbocycles. The van der Waals surface area contributed by atoms with Gasteiger partial charge in [0, 0.05) is 13.0 Å². The quantitative estimate of drug-likeness (QED) is 0.848. The molecule has 1 fully saturated rings. The first-order valence-electron chi connectivity index (χ1n) is 6.31. The van der Waals surface area contributed by atoms with Crippen LogP contribution in [0.5, 0.6) is 0 Å². The molecule has 1 aliphatic rings. The molecule has 0 amide bonds. The van der Waals surface area contributed by atoms with Gasteiger partial charge in [-0.25, -0.2) is 0 Å². The van der Waals surface area contributed by atoms with E-state index < -0.39 is 5.97 Å². The fourth-order valence-electron chi connectivity index (χ4n) is 2.16. The molecule has 1 atom stereocenters. The second-order valence-corrected chi connectivity index (χ2v) is 5.26. The number of rotatable bonds is 5. The Morgan fingerprint density at radius 2 is 2.39 bits per heavy atom. The van der Waals surface area contributed by atoms with Crippen molar-refractivity contribution in [1.82, 2.24) is 15.0 Å². The highest BCUT2D eigenvalue weighted by Crippen LogP contribution is 2.18. The summed E-state index contributed by atoms with van der Waals surface area (Å²) < 4.78 is 5.16. The van der Waals surface area contributed by atoms with E-state index >= 15 is 0 Å². The topological polar surface area (TPSA) is 79.5 Å². The molecule has 1 aliphatic heterocycles. The number of carboxylic acids is 1. The summed E-state index contributed by atoms with van der Waals surface area (Å²) >= 11 is 0. The van der Waals surface area contributed by atoms with Gasteiger partial charge in [-0.15, -0.1) is 0 Å². The molecule has 18 heavy (non-hydrogen) atoms. The van der Waals surface area contributed by atoms with Gasteiger partial charge in [0.05, 0.1) is 12.5 Å². The zero-order chi connectivity index (χ0) is 13.1.